The molecule has 0 unspecified atom stereocenters. The highest BCUT2D eigenvalue weighted by atomic mass is 16.3. The zero-order chi connectivity index (χ0) is 50.4. The van der Waals surface area contributed by atoms with Crippen LogP contribution < -0.4 is 0 Å². The SMILES string of the molecule is [2H]c1nc(-c2cc(-c3cccc4c3nc(-c3ccccc3O)n4-c3ccc(-c4c(C(C)C)cccc4C([2H])(C)C)cc3C([2H])([2H])[2H])cc(C(C)(C)C)c2)c([2H])c(-c2c([2H])c([2H])c([2H])c([2H])c2[2H])c1[2H]. The third-order valence-electron chi connectivity index (χ3n) is 10.3. The fourth-order valence-electron chi connectivity index (χ4n) is 7.40. The minimum absolute atomic E-state index is 0.0266. The maximum Gasteiger partial charge on any atom is 0.149 e. The minimum Gasteiger partial charge on any atom is -0.507 e. The van der Waals surface area contributed by atoms with Gasteiger partial charge in [0.05, 0.1) is 38.9 Å². The van der Waals surface area contributed by atoms with Crippen molar-refractivity contribution < 1.29 is 21.6 Å². The van der Waals surface area contributed by atoms with E-state index in [1.807, 2.05) is 89.2 Å². The Morgan fingerprint density at radius 2 is 1.46 bits per heavy atom. The van der Waals surface area contributed by atoms with Gasteiger partial charge in [-0.05, 0) is 129 Å². The molecule has 0 bridgehead atoms. The number of benzene rings is 6. The molecule has 2 aromatic heterocycles. The maximum absolute atomic E-state index is 11.4. The third-order valence-corrected chi connectivity index (χ3v) is 10.3. The van der Waals surface area contributed by atoms with Crippen LogP contribution >= 0.6 is 0 Å². The molecular weight excluding hydrogens is 695 g/mol. The van der Waals surface area contributed by atoms with Crippen molar-refractivity contribution in [2.45, 2.75) is 72.5 Å². The highest BCUT2D eigenvalue weighted by Crippen LogP contribution is 2.42. The summed E-state index contributed by atoms with van der Waals surface area (Å²) in [5, 5.41) is 11.4. The number of aromatic hydroxyl groups is 1. The van der Waals surface area contributed by atoms with Crippen molar-refractivity contribution in [3.8, 4) is 67.5 Å². The molecule has 0 aliphatic rings. The molecular formula is C53H51N3O. The van der Waals surface area contributed by atoms with Crippen molar-refractivity contribution in [3.63, 3.8) is 0 Å². The van der Waals surface area contributed by atoms with Gasteiger partial charge in [-0.3, -0.25) is 9.55 Å². The molecule has 0 saturated heterocycles. The zero-order valence-corrected chi connectivity index (χ0v) is 33.1. The van der Waals surface area contributed by atoms with Crippen molar-refractivity contribution in [1.82, 2.24) is 14.5 Å². The van der Waals surface area contributed by atoms with Crippen LogP contribution in [0.15, 0.2) is 146 Å². The highest BCUT2D eigenvalue weighted by molar-refractivity contribution is 5.97. The van der Waals surface area contributed by atoms with E-state index < -0.39 is 66.6 Å². The molecule has 284 valence electrons. The first-order valence-corrected chi connectivity index (χ1v) is 19.0. The number of hydrogen-bond acceptors (Lipinski definition) is 3. The Morgan fingerprint density at radius 1 is 0.719 bits per heavy atom. The monoisotopic (exact) mass is 757 g/mol. The average Bonchev–Trinajstić information content (AvgIpc) is 3.68. The van der Waals surface area contributed by atoms with Gasteiger partial charge in [0.25, 0.3) is 0 Å². The van der Waals surface area contributed by atoms with Gasteiger partial charge in [0.2, 0.25) is 0 Å². The van der Waals surface area contributed by atoms with Crippen LogP contribution in [0.1, 0.15) is 99.0 Å². The molecule has 6 aromatic carbocycles. The first kappa shape index (κ1) is 25.8. The van der Waals surface area contributed by atoms with E-state index in [4.69, 9.17) is 20.1 Å². The topological polar surface area (TPSA) is 50.9 Å². The summed E-state index contributed by atoms with van der Waals surface area (Å²) in [4.78, 5) is 9.61. The van der Waals surface area contributed by atoms with Crippen molar-refractivity contribution in [2.24, 2.45) is 0 Å². The number of para-hydroxylation sites is 2. The van der Waals surface area contributed by atoms with Crippen LogP contribution in [0.25, 0.3) is 72.7 Å². The number of aryl methyl sites for hydroxylation is 1. The number of pyridine rings is 1. The van der Waals surface area contributed by atoms with Gasteiger partial charge in [-0.2, -0.15) is 0 Å². The van der Waals surface area contributed by atoms with Crippen LogP contribution in [-0.2, 0) is 5.41 Å². The smallest absolute Gasteiger partial charge is 0.149 e. The Hall–Kier alpha value is -6.26. The van der Waals surface area contributed by atoms with Crippen LogP contribution in [0, 0.1) is 6.85 Å². The lowest BCUT2D eigenvalue weighted by Crippen LogP contribution is -2.11. The largest absolute Gasteiger partial charge is 0.507 e. The van der Waals surface area contributed by atoms with E-state index in [1.165, 1.54) is 6.07 Å². The molecule has 0 fully saturated rings. The van der Waals surface area contributed by atoms with Gasteiger partial charge in [-0.1, -0.05) is 133 Å². The predicted molar refractivity (Wildman–Crippen MR) is 239 cm³/mol. The second-order valence-corrected chi connectivity index (χ2v) is 15.9. The molecule has 0 saturated carbocycles. The Balaban J connectivity index is 1.43. The van der Waals surface area contributed by atoms with E-state index in [-0.39, 0.29) is 39.9 Å². The Kier molecular flexibility index (Phi) is 6.79. The zero-order valence-electron chi connectivity index (χ0n) is 45.1. The van der Waals surface area contributed by atoms with Gasteiger partial charge in [0, 0.05) is 22.8 Å². The average molecular weight is 758 g/mol. The number of phenols is 1. The van der Waals surface area contributed by atoms with Crippen molar-refractivity contribution in [3.05, 3.63) is 168 Å². The van der Waals surface area contributed by atoms with Crippen LogP contribution in [-0.4, -0.2) is 19.6 Å². The molecule has 4 nitrogen and oxygen atoms in total. The highest BCUT2D eigenvalue weighted by Gasteiger charge is 2.24. The molecule has 0 spiro atoms. The van der Waals surface area contributed by atoms with Gasteiger partial charge < -0.3 is 5.11 Å². The lowest BCUT2D eigenvalue weighted by Gasteiger charge is -2.22. The van der Waals surface area contributed by atoms with Gasteiger partial charge >= 0.3 is 0 Å². The number of fused-ring (bicyclic) bond motifs is 1. The summed E-state index contributed by atoms with van der Waals surface area (Å²) in [6.07, 6.45) is -0.554. The van der Waals surface area contributed by atoms with E-state index in [2.05, 4.69) is 18.8 Å². The van der Waals surface area contributed by atoms with Crippen LogP contribution in [0.4, 0.5) is 0 Å². The Bertz CT molecular complexity index is 3350. The number of aromatic nitrogens is 3. The molecule has 0 aliphatic carbocycles. The lowest BCUT2D eigenvalue weighted by atomic mass is 9.83. The number of imidazole rings is 1. The molecule has 1 N–H and O–H groups in total. The van der Waals surface area contributed by atoms with Crippen LogP contribution in [0.5, 0.6) is 5.75 Å². The van der Waals surface area contributed by atoms with Gasteiger partial charge in [0.15, 0.2) is 0 Å². The lowest BCUT2D eigenvalue weighted by molar-refractivity contribution is 0.477. The van der Waals surface area contributed by atoms with Gasteiger partial charge in [-0.25, -0.2) is 4.98 Å². The molecule has 8 aromatic rings. The summed E-state index contributed by atoms with van der Waals surface area (Å²) in [7, 11) is 0. The van der Waals surface area contributed by atoms with E-state index >= 15 is 0 Å². The fraction of sp³-hybridized carbons (Fsp3) is 0.208. The first-order valence-electron chi connectivity index (χ1n) is 25.0. The Morgan fingerprint density at radius 3 is 2.19 bits per heavy atom. The minimum atomic E-state index is -2.64. The van der Waals surface area contributed by atoms with E-state index in [9.17, 15) is 6.48 Å². The van der Waals surface area contributed by atoms with Crippen molar-refractivity contribution in [1.29, 1.82) is 0 Å². The van der Waals surface area contributed by atoms with Gasteiger partial charge in [-0.15, -0.1) is 0 Å². The summed E-state index contributed by atoms with van der Waals surface area (Å²) in [5.41, 5.74) is 5.92. The van der Waals surface area contributed by atoms with E-state index in [1.54, 1.807) is 41.0 Å². The molecule has 2 heterocycles. The molecule has 0 radical (unpaired) electrons. The van der Waals surface area contributed by atoms with Crippen LogP contribution in [0.3, 0.4) is 0 Å². The molecule has 8 rings (SSSR count). The summed E-state index contributed by atoms with van der Waals surface area (Å²) < 4.78 is 107. The van der Waals surface area contributed by atoms with E-state index in [0.29, 0.717) is 44.5 Å². The normalized spacial score (nSPS) is 15.3. The second-order valence-electron chi connectivity index (χ2n) is 15.9. The molecule has 0 amide bonds. The quantitative estimate of drug-likeness (QED) is 0.168. The van der Waals surface area contributed by atoms with Crippen molar-refractivity contribution >= 4 is 11.0 Å². The van der Waals surface area contributed by atoms with Crippen molar-refractivity contribution in [2.75, 3.05) is 0 Å². The number of hydrogen-bond donors (Lipinski definition) is 1. The summed E-state index contributed by atoms with van der Waals surface area (Å²) >= 11 is 0. The van der Waals surface area contributed by atoms with Gasteiger partial charge in [0.1, 0.15) is 11.6 Å². The number of phenolic OH excluding ortho intramolecular Hbond substituents is 1. The molecule has 57 heavy (non-hydrogen) atoms. The summed E-state index contributed by atoms with van der Waals surface area (Å²) in [5.74, 6) is -0.753. The third kappa shape index (κ3) is 7.17. The first-order chi connectivity index (χ1) is 32.2. The second kappa shape index (κ2) is 15.0. The number of nitrogens with zero attached hydrogens (tertiary/aromatic N) is 3. The van der Waals surface area contributed by atoms with Crippen LogP contribution in [0.2, 0.25) is 0 Å². The predicted octanol–water partition coefficient (Wildman–Crippen LogP) is 14.3. The Labute approximate surface area is 354 Å². The van der Waals surface area contributed by atoms with E-state index in [0.717, 1.165) is 22.3 Å². The molecule has 0 atom stereocenters. The standard InChI is InChI=1S/C53H51N3O/c1-33(2)42-19-14-20-43(34(3)4)50(42)38-24-25-47(35(5)28-38)56-48-22-15-21-44(51(48)55-52(56)45-18-12-13-23-49(45)57)39-29-40(31-41(30-39)53(6,7)8)46-32-37(26-27-54-46)36-16-10-9-11-17-36/h9-34,57H,1-8H3/i5D3,9D,10D,11D,16D,17D,26D,27D,32D,33D. The maximum atomic E-state index is 11.4. The fourth-order valence-corrected chi connectivity index (χ4v) is 7.40. The summed E-state index contributed by atoms with van der Waals surface area (Å²) in [6, 6.07) is 24.8. The molecule has 0 aliphatic heterocycles. The molecule has 4 heteroatoms. The summed E-state index contributed by atoms with van der Waals surface area (Å²) in [6.45, 7) is 11.1. The number of rotatable bonds is 8.